The van der Waals surface area contributed by atoms with Crippen LogP contribution in [0.2, 0.25) is 0 Å². The summed E-state index contributed by atoms with van der Waals surface area (Å²) in [7, 11) is 0. The summed E-state index contributed by atoms with van der Waals surface area (Å²) in [6, 6.07) is 0. The maximum atomic E-state index is 12.3. The van der Waals surface area contributed by atoms with Crippen LogP contribution in [-0.2, 0) is 11.3 Å². The molecule has 0 spiro atoms. The molecule has 0 unspecified atom stereocenters. The highest BCUT2D eigenvalue weighted by atomic mass is 16.4. The van der Waals surface area contributed by atoms with Gasteiger partial charge in [0.2, 0.25) is 0 Å². The zero-order chi connectivity index (χ0) is 14.6. The predicted molar refractivity (Wildman–Crippen MR) is 69.7 cm³/mol. The summed E-state index contributed by atoms with van der Waals surface area (Å²) in [5, 5.41) is 9.19. The Morgan fingerprint density at radius 1 is 1.53 bits per heavy atom. The molecule has 0 fully saturated rings. The first-order valence-corrected chi connectivity index (χ1v) is 6.11. The van der Waals surface area contributed by atoms with E-state index >= 15 is 0 Å². The highest BCUT2D eigenvalue weighted by Gasteiger charge is 2.37. The Morgan fingerprint density at radius 2 is 2.16 bits per heavy atom. The fraction of sp³-hybridized carbons (Fsp3) is 0.583. The summed E-state index contributed by atoms with van der Waals surface area (Å²) >= 11 is 0. The van der Waals surface area contributed by atoms with Crippen molar-refractivity contribution in [1.29, 1.82) is 0 Å². The summed E-state index contributed by atoms with van der Waals surface area (Å²) in [6.07, 6.45) is 3.09. The van der Waals surface area contributed by atoms with E-state index in [9.17, 15) is 14.7 Å². The molecule has 0 radical (unpaired) electrons. The fourth-order valence-electron chi connectivity index (χ4n) is 1.79. The van der Waals surface area contributed by atoms with Crippen molar-refractivity contribution < 1.29 is 14.7 Å². The van der Waals surface area contributed by atoms with Crippen molar-refractivity contribution in [3.05, 3.63) is 18.2 Å². The zero-order valence-electron chi connectivity index (χ0n) is 11.5. The normalized spacial score (nSPS) is 11.4. The van der Waals surface area contributed by atoms with Gasteiger partial charge in [-0.15, -0.1) is 0 Å². The molecule has 7 heteroatoms. The molecule has 7 nitrogen and oxygen atoms in total. The molecule has 0 aromatic carbocycles. The van der Waals surface area contributed by atoms with Crippen molar-refractivity contribution >= 4 is 11.9 Å². The van der Waals surface area contributed by atoms with Gasteiger partial charge in [0.15, 0.2) is 0 Å². The average molecular weight is 268 g/mol. The topological polar surface area (TPSA) is 101 Å². The van der Waals surface area contributed by atoms with E-state index in [4.69, 9.17) is 5.73 Å². The number of likely N-dealkylation sites (N-methyl/N-ethyl adjacent to an activating group) is 1. The van der Waals surface area contributed by atoms with Gasteiger partial charge in [-0.1, -0.05) is 0 Å². The molecule has 0 aliphatic heterocycles. The van der Waals surface area contributed by atoms with E-state index in [-0.39, 0.29) is 5.69 Å². The van der Waals surface area contributed by atoms with Crippen LogP contribution in [0.1, 0.15) is 31.3 Å². The minimum Gasteiger partial charge on any atom is -0.480 e. The summed E-state index contributed by atoms with van der Waals surface area (Å²) in [4.78, 5) is 28.8. The number of carbonyl (C=O) groups is 2. The summed E-state index contributed by atoms with van der Waals surface area (Å²) < 4.78 is 1.70. The number of aromatic nitrogens is 2. The lowest BCUT2D eigenvalue weighted by molar-refractivity contribution is -0.147. The summed E-state index contributed by atoms with van der Waals surface area (Å²) in [5.41, 5.74) is 4.37. The van der Waals surface area contributed by atoms with E-state index < -0.39 is 17.4 Å². The van der Waals surface area contributed by atoms with Crippen LogP contribution >= 0.6 is 0 Å². The SMILES string of the molecule is CCN(C(=O)c1cn(CCN)cn1)C(C)(C)C(=O)O. The van der Waals surface area contributed by atoms with E-state index in [1.165, 1.54) is 25.1 Å². The van der Waals surface area contributed by atoms with E-state index in [2.05, 4.69) is 4.98 Å². The van der Waals surface area contributed by atoms with Crippen LogP contribution in [0, 0.1) is 0 Å². The zero-order valence-corrected chi connectivity index (χ0v) is 11.5. The van der Waals surface area contributed by atoms with Crippen LogP contribution in [0.3, 0.4) is 0 Å². The molecule has 106 valence electrons. The highest BCUT2D eigenvalue weighted by molar-refractivity contribution is 5.96. The van der Waals surface area contributed by atoms with Gasteiger partial charge in [-0.25, -0.2) is 9.78 Å². The molecule has 1 aromatic rings. The predicted octanol–water partition coefficient (Wildman–Crippen LogP) is 0.167. The molecular weight excluding hydrogens is 248 g/mol. The van der Waals surface area contributed by atoms with Crippen molar-refractivity contribution in [3.63, 3.8) is 0 Å². The number of carboxylic acids is 1. The van der Waals surface area contributed by atoms with Crippen molar-refractivity contribution in [3.8, 4) is 0 Å². The lowest BCUT2D eigenvalue weighted by Crippen LogP contribution is -2.53. The van der Waals surface area contributed by atoms with Gasteiger partial charge < -0.3 is 20.3 Å². The number of rotatable bonds is 6. The van der Waals surface area contributed by atoms with Crippen molar-refractivity contribution in [2.75, 3.05) is 13.1 Å². The van der Waals surface area contributed by atoms with Gasteiger partial charge in [0.1, 0.15) is 11.2 Å². The Kier molecular flexibility index (Phi) is 4.66. The third kappa shape index (κ3) is 3.11. The first-order chi connectivity index (χ1) is 8.84. The number of nitrogens with zero attached hydrogens (tertiary/aromatic N) is 3. The van der Waals surface area contributed by atoms with Crippen LogP contribution in [0.4, 0.5) is 0 Å². The quantitative estimate of drug-likeness (QED) is 0.765. The van der Waals surface area contributed by atoms with Gasteiger partial charge in [-0.3, -0.25) is 4.79 Å². The Balaban J connectivity index is 2.98. The summed E-state index contributed by atoms with van der Waals surface area (Å²) in [6.45, 7) is 6.03. The standard InChI is InChI=1S/C12H20N4O3/c1-4-16(12(2,3)11(18)19)10(17)9-7-15(6-5-13)8-14-9/h7-8H,4-6,13H2,1-3H3,(H,18,19). The number of aliphatic carboxylic acids is 1. The maximum Gasteiger partial charge on any atom is 0.329 e. The van der Waals surface area contributed by atoms with Crippen LogP contribution in [0.25, 0.3) is 0 Å². The molecule has 0 aliphatic rings. The van der Waals surface area contributed by atoms with E-state index in [1.807, 2.05) is 0 Å². The maximum absolute atomic E-state index is 12.3. The number of carbonyl (C=O) groups excluding carboxylic acids is 1. The smallest absolute Gasteiger partial charge is 0.329 e. The third-order valence-corrected chi connectivity index (χ3v) is 3.00. The van der Waals surface area contributed by atoms with Crippen LogP contribution in [0.15, 0.2) is 12.5 Å². The third-order valence-electron chi connectivity index (χ3n) is 3.00. The molecule has 0 saturated heterocycles. The molecular formula is C12H20N4O3. The van der Waals surface area contributed by atoms with Gasteiger partial charge in [-0.2, -0.15) is 0 Å². The molecule has 1 heterocycles. The second kappa shape index (κ2) is 5.83. The van der Waals surface area contributed by atoms with Crippen molar-refractivity contribution in [2.45, 2.75) is 32.9 Å². The van der Waals surface area contributed by atoms with Gasteiger partial charge >= 0.3 is 5.97 Å². The van der Waals surface area contributed by atoms with Gasteiger partial charge in [-0.05, 0) is 20.8 Å². The molecule has 3 N–H and O–H groups in total. The Hall–Kier alpha value is -1.89. The second-order valence-corrected chi connectivity index (χ2v) is 4.70. The lowest BCUT2D eigenvalue weighted by atomic mass is 10.0. The van der Waals surface area contributed by atoms with Crippen LogP contribution < -0.4 is 5.73 Å². The lowest BCUT2D eigenvalue weighted by Gasteiger charge is -2.33. The monoisotopic (exact) mass is 268 g/mol. The number of nitrogens with two attached hydrogens (primary N) is 1. The van der Waals surface area contributed by atoms with E-state index in [0.717, 1.165) is 0 Å². The van der Waals surface area contributed by atoms with Gasteiger partial charge in [0, 0.05) is 25.8 Å². The van der Waals surface area contributed by atoms with Crippen molar-refractivity contribution in [1.82, 2.24) is 14.5 Å². The van der Waals surface area contributed by atoms with Gasteiger partial charge in [0.05, 0.1) is 6.33 Å². The first-order valence-electron chi connectivity index (χ1n) is 6.11. The minimum absolute atomic E-state index is 0.227. The largest absolute Gasteiger partial charge is 0.480 e. The highest BCUT2D eigenvalue weighted by Crippen LogP contribution is 2.17. The number of amides is 1. The minimum atomic E-state index is -1.27. The molecule has 1 rings (SSSR count). The number of hydrogen-bond acceptors (Lipinski definition) is 4. The van der Waals surface area contributed by atoms with Gasteiger partial charge in [0.25, 0.3) is 5.91 Å². The molecule has 0 atom stereocenters. The number of imidazole rings is 1. The van der Waals surface area contributed by atoms with Crippen LogP contribution in [0.5, 0.6) is 0 Å². The Labute approximate surface area is 112 Å². The Bertz CT molecular complexity index is 467. The molecule has 0 aliphatic carbocycles. The Morgan fingerprint density at radius 3 is 2.63 bits per heavy atom. The van der Waals surface area contributed by atoms with E-state index in [1.54, 1.807) is 17.7 Å². The first kappa shape index (κ1) is 15.2. The fourth-order valence-corrected chi connectivity index (χ4v) is 1.79. The number of hydrogen-bond donors (Lipinski definition) is 2. The molecule has 0 bridgehead atoms. The number of carboxylic acid groups (broad SMARTS) is 1. The molecule has 0 saturated carbocycles. The van der Waals surface area contributed by atoms with Crippen LogP contribution in [-0.4, -0.2) is 50.1 Å². The molecule has 1 amide bonds. The second-order valence-electron chi connectivity index (χ2n) is 4.70. The molecule has 1 aromatic heterocycles. The van der Waals surface area contributed by atoms with Crippen molar-refractivity contribution in [2.24, 2.45) is 5.73 Å². The summed E-state index contributed by atoms with van der Waals surface area (Å²) in [5.74, 6) is -1.45. The molecule has 19 heavy (non-hydrogen) atoms. The average Bonchev–Trinajstić information content (AvgIpc) is 2.78. The van der Waals surface area contributed by atoms with E-state index in [0.29, 0.717) is 19.6 Å².